The van der Waals surface area contributed by atoms with Crippen LogP contribution in [0.15, 0.2) is 17.5 Å². The largest absolute Gasteiger partial charge is 0.501 e. The number of phenolic OH excluding ortho intramolecular Hbond substituents is 1. The van der Waals surface area contributed by atoms with Crippen LogP contribution in [0.2, 0.25) is 0 Å². The molecule has 0 aliphatic heterocycles. The summed E-state index contributed by atoms with van der Waals surface area (Å²) >= 11 is 1.19. The second kappa shape index (κ2) is 2.85. The first-order chi connectivity index (χ1) is 6.61. The number of hydrogen-bond donors (Lipinski definition) is 2. The third-order valence-electron chi connectivity index (χ3n) is 1.92. The van der Waals surface area contributed by atoms with E-state index in [2.05, 4.69) is 0 Å². The molecule has 0 fully saturated rings. The van der Waals surface area contributed by atoms with Crippen LogP contribution in [0, 0.1) is 10.1 Å². The zero-order valence-electron chi connectivity index (χ0n) is 6.93. The van der Waals surface area contributed by atoms with Gasteiger partial charge in [0.1, 0.15) is 0 Å². The Hall–Kier alpha value is -1.82. The molecule has 0 radical (unpaired) electrons. The van der Waals surface area contributed by atoms with Crippen LogP contribution in [0.1, 0.15) is 0 Å². The molecule has 0 amide bonds. The summed E-state index contributed by atoms with van der Waals surface area (Å²) in [5, 5.41) is 22.3. The van der Waals surface area contributed by atoms with Gasteiger partial charge in [0, 0.05) is 16.8 Å². The average Bonchev–Trinajstić information content (AvgIpc) is 2.49. The van der Waals surface area contributed by atoms with Crippen LogP contribution in [0.25, 0.3) is 10.1 Å². The van der Waals surface area contributed by atoms with Crippen molar-refractivity contribution in [3.8, 4) is 5.75 Å². The summed E-state index contributed by atoms with van der Waals surface area (Å²) in [6.07, 6.45) is 0. The number of hydrogen-bond acceptors (Lipinski definition) is 5. The van der Waals surface area contributed by atoms with Crippen LogP contribution < -0.4 is 5.73 Å². The number of nitro groups is 1. The van der Waals surface area contributed by atoms with E-state index in [-0.39, 0.29) is 11.4 Å². The van der Waals surface area contributed by atoms with E-state index in [1.165, 1.54) is 17.4 Å². The summed E-state index contributed by atoms with van der Waals surface area (Å²) in [6, 6.07) is 2.79. The van der Waals surface area contributed by atoms with Crippen molar-refractivity contribution in [1.29, 1.82) is 0 Å². The Bertz CT molecular complexity index is 521. The number of aromatic hydroxyl groups is 1. The molecule has 0 atom stereocenters. The highest BCUT2D eigenvalue weighted by atomic mass is 32.1. The molecular formula is C8H6N2O3S. The molecule has 0 saturated carbocycles. The van der Waals surface area contributed by atoms with Gasteiger partial charge in [0.05, 0.1) is 15.3 Å². The van der Waals surface area contributed by atoms with Crippen molar-refractivity contribution in [3.63, 3.8) is 0 Å². The Morgan fingerprint density at radius 1 is 1.50 bits per heavy atom. The van der Waals surface area contributed by atoms with Gasteiger partial charge < -0.3 is 10.8 Å². The fraction of sp³-hybridized carbons (Fsp3) is 0. The lowest BCUT2D eigenvalue weighted by Crippen LogP contribution is -1.88. The number of thiophene rings is 1. The third-order valence-corrected chi connectivity index (χ3v) is 2.94. The quantitative estimate of drug-likeness (QED) is 0.557. The van der Waals surface area contributed by atoms with Gasteiger partial charge in [0.2, 0.25) is 5.75 Å². The molecule has 72 valence electrons. The molecule has 3 N–H and O–H groups in total. The standard InChI is InChI=1S/C8H6N2O3S/c9-5-3-14-8-4(5)1-2-6(7(8)11)10(12)13/h1-3,11H,9H2. The van der Waals surface area contributed by atoms with Gasteiger partial charge in [-0.1, -0.05) is 0 Å². The highest BCUT2D eigenvalue weighted by Gasteiger charge is 2.17. The fourth-order valence-electron chi connectivity index (χ4n) is 1.24. The minimum absolute atomic E-state index is 0.292. The molecular weight excluding hydrogens is 204 g/mol. The van der Waals surface area contributed by atoms with Crippen LogP contribution in [0.4, 0.5) is 11.4 Å². The fourth-order valence-corrected chi connectivity index (χ4v) is 2.14. The summed E-state index contributed by atoms with van der Waals surface area (Å²) in [5.74, 6) is -0.311. The molecule has 5 nitrogen and oxygen atoms in total. The van der Waals surface area contributed by atoms with Crippen LogP contribution >= 0.6 is 11.3 Å². The topological polar surface area (TPSA) is 89.4 Å². The number of nitro benzene ring substituents is 1. The van der Waals surface area contributed by atoms with Crippen molar-refractivity contribution in [2.24, 2.45) is 0 Å². The zero-order chi connectivity index (χ0) is 10.3. The summed E-state index contributed by atoms with van der Waals surface area (Å²) in [7, 11) is 0. The monoisotopic (exact) mass is 210 g/mol. The van der Waals surface area contributed by atoms with Crippen molar-refractivity contribution >= 4 is 32.8 Å². The van der Waals surface area contributed by atoms with Gasteiger partial charge in [0.15, 0.2) is 0 Å². The summed E-state index contributed by atoms with van der Waals surface area (Å²) in [6.45, 7) is 0. The minimum Gasteiger partial charge on any atom is -0.501 e. The molecule has 0 unspecified atom stereocenters. The lowest BCUT2D eigenvalue weighted by Gasteiger charge is -1.97. The predicted octanol–water partition coefficient (Wildman–Crippen LogP) is 2.10. The van der Waals surface area contributed by atoms with E-state index in [9.17, 15) is 15.2 Å². The molecule has 0 aliphatic carbocycles. The molecule has 0 bridgehead atoms. The summed E-state index contributed by atoms with van der Waals surface area (Å²) in [4.78, 5) is 9.87. The molecule has 1 heterocycles. The molecule has 1 aromatic heterocycles. The van der Waals surface area contributed by atoms with E-state index >= 15 is 0 Å². The number of nitrogen functional groups attached to an aromatic ring is 1. The second-order valence-electron chi connectivity index (χ2n) is 2.76. The van der Waals surface area contributed by atoms with E-state index in [1.54, 1.807) is 11.4 Å². The number of anilines is 1. The Labute approximate surface area is 82.5 Å². The van der Waals surface area contributed by atoms with Crippen molar-refractivity contribution in [3.05, 3.63) is 27.6 Å². The SMILES string of the molecule is Nc1csc2c(O)c([N+](=O)[O-])ccc12. The number of rotatable bonds is 1. The van der Waals surface area contributed by atoms with E-state index in [4.69, 9.17) is 5.73 Å². The van der Waals surface area contributed by atoms with Gasteiger partial charge in [-0.3, -0.25) is 10.1 Å². The average molecular weight is 210 g/mol. The highest BCUT2D eigenvalue weighted by molar-refractivity contribution is 7.18. The predicted molar refractivity (Wildman–Crippen MR) is 54.6 cm³/mol. The van der Waals surface area contributed by atoms with Gasteiger partial charge in [0.25, 0.3) is 0 Å². The molecule has 1 aromatic carbocycles. The molecule has 14 heavy (non-hydrogen) atoms. The number of nitrogens with zero attached hydrogens (tertiary/aromatic N) is 1. The summed E-state index contributed by atoms with van der Waals surface area (Å²) in [5.41, 5.74) is 5.83. The Morgan fingerprint density at radius 2 is 2.21 bits per heavy atom. The first-order valence-electron chi connectivity index (χ1n) is 3.74. The van der Waals surface area contributed by atoms with Gasteiger partial charge in [-0.25, -0.2) is 0 Å². The van der Waals surface area contributed by atoms with Gasteiger partial charge in [-0.15, -0.1) is 11.3 Å². The number of fused-ring (bicyclic) bond motifs is 1. The lowest BCUT2D eigenvalue weighted by atomic mass is 10.2. The van der Waals surface area contributed by atoms with Gasteiger partial charge in [-0.05, 0) is 6.07 Å². The van der Waals surface area contributed by atoms with Crippen molar-refractivity contribution < 1.29 is 10.0 Å². The maximum atomic E-state index is 10.5. The first-order valence-corrected chi connectivity index (χ1v) is 4.62. The van der Waals surface area contributed by atoms with Crippen LogP contribution in [0.5, 0.6) is 5.75 Å². The van der Waals surface area contributed by atoms with E-state index < -0.39 is 4.92 Å². The first kappa shape index (κ1) is 8.76. The van der Waals surface area contributed by atoms with Crippen LogP contribution in [-0.4, -0.2) is 10.0 Å². The molecule has 2 rings (SSSR count). The van der Waals surface area contributed by atoms with E-state index in [0.29, 0.717) is 15.8 Å². The number of phenols is 1. The Balaban J connectivity index is 2.82. The molecule has 0 aliphatic rings. The van der Waals surface area contributed by atoms with Gasteiger partial charge in [-0.2, -0.15) is 0 Å². The summed E-state index contributed by atoms with van der Waals surface area (Å²) < 4.78 is 0.455. The Kier molecular flexibility index (Phi) is 1.78. The zero-order valence-corrected chi connectivity index (χ0v) is 7.75. The normalized spacial score (nSPS) is 10.6. The second-order valence-corrected chi connectivity index (χ2v) is 3.64. The molecule has 0 saturated heterocycles. The van der Waals surface area contributed by atoms with Crippen molar-refractivity contribution in [2.75, 3.05) is 5.73 Å². The van der Waals surface area contributed by atoms with Crippen molar-refractivity contribution in [1.82, 2.24) is 0 Å². The third kappa shape index (κ3) is 1.08. The molecule has 6 heteroatoms. The lowest BCUT2D eigenvalue weighted by molar-refractivity contribution is -0.385. The molecule has 0 spiro atoms. The minimum atomic E-state index is -0.620. The molecule has 2 aromatic rings. The maximum absolute atomic E-state index is 10.5. The van der Waals surface area contributed by atoms with Crippen molar-refractivity contribution in [2.45, 2.75) is 0 Å². The smallest absolute Gasteiger partial charge is 0.312 e. The van der Waals surface area contributed by atoms with Crippen LogP contribution in [0.3, 0.4) is 0 Å². The highest BCUT2D eigenvalue weighted by Crippen LogP contribution is 2.40. The van der Waals surface area contributed by atoms with Gasteiger partial charge >= 0.3 is 5.69 Å². The maximum Gasteiger partial charge on any atom is 0.312 e. The number of nitrogens with two attached hydrogens (primary N) is 1. The van der Waals surface area contributed by atoms with Crippen LogP contribution in [-0.2, 0) is 0 Å². The number of benzene rings is 1. The Morgan fingerprint density at radius 3 is 2.86 bits per heavy atom. The van der Waals surface area contributed by atoms with E-state index in [0.717, 1.165) is 0 Å². The van der Waals surface area contributed by atoms with E-state index in [1.807, 2.05) is 0 Å².